The maximum absolute atomic E-state index is 14.6. The van der Waals surface area contributed by atoms with Crippen LogP contribution >= 0.6 is 11.3 Å². The first-order chi connectivity index (χ1) is 15.9. The topological polar surface area (TPSA) is 22.1 Å². The average molecular weight is 499 g/mol. The van der Waals surface area contributed by atoms with Crippen molar-refractivity contribution in [3.05, 3.63) is 82.7 Å². The van der Waals surface area contributed by atoms with Gasteiger partial charge in [-0.2, -0.15) is 8.78 Å². The van der Waals surface area contributed by atoms with Crippen LogP contribution in [0.5, 0.6) is 5.75 Å². The Balaban J connectivity index is 1.68. The summed E-state index contributed by atoms with van der Waals surface area (Å²) in [5.41, 5.74) is -0.177. The lowest BCUT2D eigenvalue weighted by molar-refractivity contribution is -0.189. The number of thiazole rings is 1. The molecule has 4 aromatic rings. The number of fused-ring (bicyclic) bond motifs is 1. The minimum Gasteiger partial charge on any atom is -0.429 e. The molecule has 178 valence electrons. The van der Waals surface area contributed by atoms with E-state index in [1.165, 1.54) is 0 Å². The Morgan fingerprint density at radius 2 is 1.50 bits per heavy atom. The van der Waals surface area contributed by atoms with Crippen LogP contribution in [0, 0.1) is 35.0 Å². The standard InChI is InChI=1S/C24H16F7NOS/c1-11(2)5-12-3-4-19-20(6-12)34-23(32-19)13-7-15(25)21(16(26)8-13)24(30,31)33-14-9-17(27)22(29)18(28)10-14/h3-4,6-11H,5H2,1-2H3. The van der Waals surface area contributed by atoms with Gasteiger partial charge in [0.15, 0.2) is 17.5 Å². The van der Waals surface area contributed by atoms with Crippen LogP contribution in [0.1, 0.15) is 25.0 Å². The molecule has 0 aliphatic carbocycles. The van der Waals surface area contributed by atoms with Crippen molar-refractivity contribution in [2.75, 3.05) is 0 Å². The van der Waals surface area contributed by atoms with Crippen molar-refractivity contribution in [1.29, 1.82) is 0 Å². The fourth-order valence-corrected chi connectivity index (χ4v) is 4.47. The van der Waals surface area contributed by atoms with Crippen molar-refractivity contribution < 1.29 is 35.5 Å². The number of benzene rings is 3. The normalized spacial score (nSPS) is 12.1. The van der Waals surface area contributed by atoms with Crippen molar-refractivity contribution >= 4 is 21.6 Å². The zero-order chi connectivity index (χ0) is 24.8. The molecule has 0 radical (unpaired) electrons. The summed E-state index contributed by atoms with van der Waals surface area (Å²) in [6.45, 7) is 4.13. The summed E-state index contributed by atoms with van der Waals surface area (Å²) in [5, 5.41) is 0.216. The molecule has 1 heterocycles. The van der Waals surface area contributed by atoms with E-state index < -0.39 is 46.5 Å². The molecule has 3 aromatic carbocycles. The van der Waals surface area contributed by atoms with E-state index in [1.807, 2.05) is 12.1 Å². The number of aromatic nitrogens is 1. The predicted molar refractivity (Wildman–Crippen MR) is 114 cm³/mol. The van der Waals surface area contributed by atoms with Crippen LogP contribution in [0.4, 0.5) is 30.7 Å². The van der Waals surface area contributed by atoms with Crippen molar-refractivity contribution in [1.82, 2.24) is 4.98 Å². The van der Waals surface area contributed by atoms with E-state index in [0.29, 0.717) is 23.6 Å². The van der Waals surface area contributed by atoms with Crippen molar-refractivity contribution in [2.24, 2.45) is 5.92 Å². The van der Waals surface area contributed by atoms with Crippen LogP contribution < -0.4 is 4.74 Å². The third-order valence-electron chi connectivity index (χ3n) is 4.88. The Morgan fingerprint density at radius 3 is 2.09 bits per heavy atom. The molecule has 34 heavy (non-hydrogen) atoms. The molecule has 0 saturated carbocycles. The van der Waals surface area contributed by atoms with E-state index in [9.17, 15) is 30.7 Å². The van der Waals surface area contributed by atoms with Gasteiger partial charge in [-0.25, -0.2) is 26.9 Å². The summed E-state index contributed by atoms with van der Waals surface area (Å²) in [7, 11) is 0. The number of hydrogen-bond acceptors (Lipinski definition) is 3. The molecule has 0 fully saturated rings. The van der Waals surface area contributed by atoms with Crippen LogP contribution in [0.25, 0.3) is 20.8 Å². The first-order valence-corrected chi connectivity index (χ1v) is 10.9. The highest BCUT2D eigenvalue weighted by Crippen LogP contribution is 2.39. The molecule has 0 unspecified atom stereocenters. The number of ether oxygens (including phenoxy) is 1. The minimum atomic E-state index is -4.65. The van der Waals surface area contributed by atoms with Gasteiger partial charge in [0.25, 0.3) is 0 Å². The molecule has 0 aliphatic heterocycles. The molecule has 0 spiro atoms. The quantitative estimate of drug-likeness (QED) is 0.198. The lowest BCUT2D eigenvalue weighted by atomic mass is 10.0. The second-order valence-electron chi connectivity index (χ2n) is 8.05. The number of hydrogen-bond donors (Lipinski definition) is 0. The average Bonchev–Trinajstić information content (AvgIpc) is 3.14. The highest BCUT2D eigenvalue weighted by molar-refractivity contribution is 7.21. The molecule has 0 amide bonds. The molecule has 2 nitrogen and oxygen atoms in total. The van der Waals surface area contributed by atoms with Crippen LogP contribution in [0.2, 0.25) is 0 Å². The molecule has 0 saturated heterocycles. The molecule has 4 rings (SSSR count). The monoisotopic (exact) mass is 499 g/mol. The van der Waals surface area contributed by atoms with E-state index in [-0.39, 0.29) is 22.7 Å². The van der Waals surface area contributed by atoms with Gasteiger partial charge in [-0.05, 0) is 42.2 Å². The van der Waals surface area contributed by atoms with Crippen molar-refractivity contribution in [3.8, 4) is 16.3 Å². The fourth-order valence-electron chi connectivity index (χ4n) is 3.46. The Morgan fingerprint density at radius 1 is 0.882 bits per heavy atom. The molecular weight excluding hydrogens is 483 g/mol. The molecule has 0 N–H and O–H groups in total. The highest BCUT2D eigenvalue weighted by Gasteiger charge is 2.41. The van der Waals surface area contributed by atoms with Gasteiger partial charge in [-0.1, -0.05) is 19.9 Å². The van der Waals surface area contributed by atoms with Gasteiger partial charge in [0.1, 0.15) is 28.0 Å². The Bertz CT molecular complexity index is 1340. The lowest BCUT2D eigenvalue weighted by Gasteiger charge is -2.20. The second-order valence-corrected chi connectivity index (χ2v) is 9.08. The summed E-state index contributed by atoms with van der Waals surface area (Å²) < 4.78 is 103. The van der Waals surface area contributed by atoms with Crippen LogP contribution in [-0.4, -0.2) is 4.98 Å². The summed E-state index contributed by atoms with van der Waals surface area (Å²) >= 11 is 1.15. The molecule has 0 aliphatic rings. The Kier molecular flexibility index (Phi) is 6.28. The maximum Gasteiger partial charge on any atom is 0.432 e. The smallest absolute Gasteiger partial charge is 0.429 e. The van der Waals surface area contributed by atoms with Gasteiger partial charge < -0.3 is 4.74 Å². The number of nitrogens with zero attached hydrogens (tertiary/aromatic N) is 1. The third-order valence-corrected chi connectivity index (χ3v) is 5.95. The zero-order valence-corrected chi connectivity index (χ0v) is 18.6. The van der Waals surface area contributed by atoms with E-state index in [1.54, 1.807) is 6.07 Å². The van der Waals surface area contributed by atoms with Crippen molar-refractivity contribution in [3.63, 3.8) is 0 Å². The lowest BCUT2D eigenvalue weighted by Crippen LogP contribution is -2.25. The first kappa shape index (κ1) is 24.0. The maximum atomic E-state index is 14.6. The van der Waals surface area contributed by atoms with Gasteiger partial charge in [0.2, 0.25) is 0 Å². The summed E-state index contributed by atoms with van der Waals surface area (Å²) in [6, 6.07) is 7.23. The summed E-state index contributed by atoms with van der Waals surface area (Å²) in [6.07, 6.45) is -3.82. The molecule has 0 bridgehead atoms. The van der Waals surface area contributed by atoms with Gasteiger partial charge in [0, 0.05) is 17.7 Å². The van der Waals surface area contributed by atoms with Gasteiger partial charge in [-0.3, -0.25) is 0 Å². The number of rotatable bonds is 6. The van der Waals surface area contributed by atoms with Gasteiger partial charge >= 0.3 is 6.11 Å². The van der Waals surface area contributed by atoms with Crippen LogP contribution in [0.3, 0.4) is 0 Å². The molecule has 1 aromatic heterocycles. The minimum absolute atomic E-state index is 0.0694. The molecular formula is C24H16F7NOS. The van der Waals surface area contributed by atoms with Crippen LogP contribution in [0.15, 0.2) is 42.5 Å². The molecule has 10 heteroatoms. The SMILES string of the molecule is CC(C)Cc1ccc2nc(-c3cc(F)c(C(F)(F)Oc4cc(F)c(F)c(F)c4)c(F)c3)sc2c1. The Hall–Kier alpha value is -3.14. The van der Waals surface area contributed by atoms with E-state index >= 15 is 0 Å². The molecule has 0 atom stereocenters. The largest absolute Gasteiger partial charge is 0.432 e. The highest BCUT2D eigenvalue weighted by atomic mass is 32.1. The van der Waals surface area contributed by atoms with E-state index in [2.05, 4.69) is 23.6 Å². The number of halogens is 7. The predicted octanol–water partition coefficient (Wildman–Crippen LogP) is 7.99. The van der Waals surface area contributed by atoms with Gasteiger partial charge in [0.05, 0.1) is 10.2 Å². The fraction of sp³-hybridized carbons (Fsp3) is 0.208. The second kappa shape index (κ2) is 8.90. The van der Waals surface area contributed by atoms with E-state index in [0.717, 1.165) is 28.0 Å². The first-order valence-electron chi connectivity index (χ1n) is 10.1. The summed E-state index contributed by atoms with van der Waals surface area (Å²) in [4.78, 5) is 4.32. The zero-order valence-electron chi connectivity index (χ0n) is 17.7. The number of alkyl halides is 2. The van der Waals surface area contributed by atoms with Crippen LogP contribution in [-0.2, 0) is 12.5 Å². The van der Waals surface area contributed by atoms with Gasteiger partial charge in [-0.15, -0.1) is 11.3 Å². The Labute approximate surface area is 193 Å². The summed E-state index contributed by atoms with van der Waals surface area (Å²) in [5.74, 6) is -9.51. The third kappa shape index (κ3) is 4.72. The van der Waals surface area contributed by atoms with E-state index in [4.69, 9.17) is 0 Å². The van der Waals surface area contributed by atoms with Crippen molar-refractivity contribution in [2.45, 2.75) is 26.4 Å².